The average Bonchev–Trinajstić information content (AvgIpc) is 2.94. The van der Waals surface area contributed by atoms with Gasteiger partial charge in [-0.15, -0.1) is 0 Å². The van der Waals surface area contributed by atoms with E-state index in [1.807, 2.05) is 62.5 Å². The zero-order valence-corrected chi connectivity index (χ0v) is 14.3. The van der Waals surface area contributed by atoms with Gasteiger partial charge in [0, 0.05) is 29.9 Å². The minimum atomic E-state index is -0.151. The molecule has 2 aromatic heterocycles. The van der Waals surface area contributed by atoms with Gasteiger partial charge in [0.2, 0.25) is 0 Å². The molecule has 0 aliphatic heterocycles. The van der Waals surface area contributed by atoms with Crippen LogP contribution in [0.5, 0.6) is 0 Å². The first-order valence-electron chi connectivity index (χ1n) is 8.32. The summed E-state index contributed by atoms with van der Waals surface area (Å²) in [6.45, 7) is 2.45. The number of carbonyl (C=O) groups is 1. The summed E-state index contributed by atoms with van der Waals surface area (Å²) in [5.74, 6) is -0.151. The Morgan fingerprint density at radius 1 is 1.04 bits per heavy atom. The quantitative estimate of drug-likeness (QED) is 0.618. The zero-order valence-electron chi connectivity index (χ0n) is 14.3. The number of hydrogen-bond acceptors (Lipinski definition) is 2. The highest BCUT2D eigenvalue weighted by Gasteiger charge is 2.15. The third-order valence-corrected chi connectivity index (χ3v) is 4.59. The van der Waals surface area contributed by atoms with Crippen LogP contribution in [-0.2, 0) is 13.6 Å². The number of aryl methyl sites for hydroxylation is 2. The van der Waals surface area contributed by atoms with Crippen molar-refractivity contribution in [1.29, 1.82) is 0 Å². The van der Waals surface area contributed by atoms with E-state index in [1.165, 1.54) is 0 Å². The Hall–Kier alpha value is -3.14. The number of benzene rings is 2. The highest BCUT2D eigenvalue weighted by Crippen LogP contribution is 2.29. The SMILES string of the molecule is Cc1nc(C(=O)NCc2ccccc2)cc2c3ccccc3n(C)c12. The first-order chi connectivity index (χ1) is 12.1. The molecule has 25 heavy (non-hydrogen) atoms. The number of fused-ring (bicyclic) bond motifs is 3. The van der Waals surface area contributed by atoms with E-state index in [9.17, 15) is 4.79 Å². The zero-order chi connectivity index (χ0) is 17.4. The number of aromatic nitrogens is 2. The molecule has 0 radical (unpaired) electrons. The number of carbonyl (C=O) groups excluding carboxylic acids is 1. The number of rotatable bonds is 3. The van der Waals surface area contributed by atoms with Crippen molar-refractivity contribution >= 4 is 27.7 Å². The highest BCUT2D eigenvalue weighted by atomic mass is 16.1. The Morgan fingerprint density at radius 2 is 1.76 bits per heavy atom. The van der Waals surface area contributed by atoms with Crippen molar-refractivity contribution in [2.45, 2.75) is 13.5 Å². The molecule has 0 unspecified atom stereocenters. The summed E-state index contributed by atoms with van der Waals surface area (Å²) in [6.07, 6.45) is 0. The van der Waals surface area contributed by atoms with Crippen LogP contribution in [0.4, 0.5) is 0 Å². The van der Waals surface area contributed by atoms with Crippen LogP contribution in [0, 0.1) is 6.92 Å². The summed E-state index contributed by atoms with van der Waals surface area (Å²) in [5.41, 5.74) is 4.60. The molecule has 4 aromatic rings. The van der Waals surface area contributed by atoms with Crippen LogP contribution in [0.2, 0.25) is 0 Å². The van der Waals surface area contributed by atoms with E-state index in [2.05, 4.69) is 27.0 Å². The summed E-state index contributed by atoms with van der Waals surface area (Å²) in [4.78, 5) is 17.1. The minimum absolute atomic E-state index is 0.151. The highest BCUT2D eigenvalue weighted by molar-refractivity contribution is 6.10. The minimum Gasteiger partial charge on any atom is -0.347 e. The molecule has 124 valence electrons. The van der Waals surface area contributed by atoms with E-state index in [-0.39, 0.29) is 5.91 Å². The van der Waals surface area contributed by atoms with Crippen LogP contribution < -0.4 is 5.32 Å². The molecule has 2 aromatic carbocycles. The topological polar surface area (TPSA) is 46.9 Å². The summed E-state index contributed by atoms with van der Waals surface area (Å²) >= 11 is 0. The molecule has 0 aliphatic carbocycles. The molecule has 0 atom stereocenters. The summed E-state index contributed by atoms with van der Waals surface area (Å²) in [5, 5.41) is 5.16. The molecule has 0 aliphatic rings. The predicted molar refractivity (Wildman–Crippen MR) is 101 cm³/mol. The van der Waals surface area contributed by atoms with Gasteiger partial charge in [-0.05, 0) is 24.6 Å². The second-order valence-electron chi connectivity index (χ2n) is 6.23. The Labute approximate surface area is 146 Å². The molecule has 1 amide bonds. The fourth-order valence-electron chi connectivity index (χ4n) is 3.39. The molecule has 0 saturated carbocycles. The van der Waals surface area contributed by atoms with Crippen molar-refractivity contribution in [3.63, 3.8) is 0 Å². The normalized spacial score (nSPS) is 11.1. The molecule has 0 spiro atoms. The molecule has 4 rings (SSSR count). The molecule has 4 heteroatoms. The number of para-hydroxylation sites is 1. The molecule has 2 heterocycles. The van der Waals surface area contributed by atoms with Gasteiger partial charge in [0.25, 0.3) is 5.91 Å². The van der Waals surface area contributed by atoms with E-state index >= 15 is 0 Å². The Bertz CT molecular complexity index is 1080. The Morgan fingerprint density at radius 3 is 2.56 bits per heavy atom. The fraction of sp³-hybridized carbons (Fsp3) is 0.143. The predicted octanol–water partition coefficient (Wildman–Crippen LogP) is 3.96. The van der Waals surface area contributed by atoms with E-state index in [1.54, 1.807) is 0 Å². The molecule has 0 fully saturated rings. The van der Waals surface area contributed by atoms with Crippen molar-refractivity contribution in [3.8, 4) is 0 Å². The van der Waals surface area contributed by atoms with Gasteiger partial charge in [-0.3, -0.25) is 4.79 Å². The van der Waals surface area contributed by atoms with Crippen molar-refractivity contribution in [3.05, 3.63) is 77.6 Å². The van der Waals surface area contributed by atoms with Crippen molar-refractivity contribution < 1.29 is 4.79 Å². The van der Waals surface area contributed by atoms with Crippen molar-refractivity contribution in [2.75, 3.05) is 0 Å². The lowest BCUT2D eigenvalue weighted by molar-refractivity contribution is 0.0946. The van der Waals surface area contributed by atoms with Crippen LogP contribution in [0.3, 0.4) is 0 Å². The van der Waals surface area contributed by atoms with Crippen LogP contribution in [0.25, 0.3) is 21.8 Å². The summed E-state index contributed by atoms with van der Waals surface area (Å²) in [7, 11) is 2.04. The van der Waals surface area contributed by atoms with Gasteiger partial charge in [0.1, 0.15) is 5.69 Å². The standard InChI is InChI=1S/C21H19N3O/c1-14-20-17(16-10-6-7-11-19(16)24(20)2)12-18(23-14)21(25)22-13-15-8-4-3-5-9-15/h3-12H,13H2,1-2H3,(H,22,25). The van der Waals surface area contributed by atoms with Gasteiger partial charge < -0.3 is 9.88 Å². The van der Waals surface area contributed by atoms with Crippen LogP contribution >= 0.6 is 0 Å². The van der Waals surface area contributed by atoms with Crippen molar-refractivity contribution in [2.24, 2.45) is 7.05 Å². The Balaban J connectivity index is 1.73. The Kier molecular flexibility index (Phi) is 3.73. The van der Waals surface area contributed by atoms with E-state index in [0.717, 1.165) is 33.1 Å². The third kappa shape index (κ3) is 2.66. The fourth-order valence-corrected chi connectivity index (χ4v) is 3.39. The third-order valence-electron chi connectivity index (χ3n) is 4.59. The first-order valence-corrected chi connectivity index (χ1v) is 8.32. The number of nitrogens with one attached hydrogen (secondary N) is 1. The monoisotopic (exact) mass is 329 g/mol. The molecular formula is C21H19N3O. The number of pyridine rings is 1. The van der Waals surface area contributed by atoms with E-state index in [4.69, 9.17) is 0 Å². The van der Waals surface area contributed by atoms with Gasteiger partial charge in [0.15, 0.2) is 0 Å². The van der Waals surface area contributed by atoms with Crippen molar-refractivity contribution in [1.82, 2.24) is 14.9 Å². The molecule has 1 N–H and O–H groups in total. The lowest BCUT2D eigenvalue weighted by atomic mass is 10.1. The maximum atomic E-state index is 12.6. The van der Waals surface area contributed by atoms with Gasteiger partial charge in [-0.25, -0.2) is 4.98 Å². The largest absolute Gasteiger partial charge is 0.347 e. The number of hydrogen-bond donors (Lipinski definition) is 1. The average molecular weight is 329 g/mol. The lowest BCUT2D eigenvalue weighted by Gasteiger charge is -2.07. The van der Waals surface area contributed by atoms with E-state index < -0.39 is 0 Å². The van der Waals surface area contributed by atoms with Crippen LogP contribution in [0.15, 0.2) is 60.7 Å². The number of amides is 1. The smallest absolute Gasteiger partial charge is 0.270 e. The van der Waals surface area contributed by atoms with E-state index in [0.29, 0.717) is 12.2 Å². The second-order valence-corrected chi connectivity index (χ2v) is 6.23. The first kappa shape index (κ1) is 15.4. The summed E-state index contributed by atoms with van der Waals surface area (Å²) < 4.78 is 2.14. The summed E-state index contributed by atoms with van der Waals surface area (Å²) in [6, 6.07) is 20.0. The maximum absolute atomic E-state index is 12.6. The van der Waals surface area contributed by atoms with Crippen LogP contribution in [0.1, 0.15) is 21.7 Å². The number of nitrogens with zero attached hydrogens (tertiary/aromatic N) is 2. The van der Waals surface area contributed by atoms with Gasteiger partial charge in [-0.1, -0.05) is 48.5 Å². The lowest BCUT2D eigenvalue weighted by Crippen LogP contribution is -2.24. The van der Waals surface area contributed by atoms with Gasteiger partial charge in [0.05, 0.1) is 11.2 Å². The molecule has 0 saturated heterocycles. The molecular weight excluding hydrogens is 310 g/mol. The maximum Gasteiger partial charge on any atom is 0.270 e. The molecule has 0 bridgehead atoms. The van der Waals surface area contributed by atoms with Gasteiger partial charge >= 0.3 is 0 Å². The van der Waals surface area contributed by atoms with Gasteiger partial charge in [-0.2, -0.15) is 0 Å². The molecule has 4 nitrogen and oxygen atoms in total. The second kappa shape index (κ2) is 6.06. The van der Waals surface area contributed by atoms with Crippen LogP contribution in [-0.4, -0.2) is 15.5 Å².